The number of benzene rings is 2. The first-order chi connectivity index (χ1) is 10.7. The van der Waals surface area contributed by atoms with Gasteiger partial charge in [-0.05, 0) is 60.1 Å². The second-order valence-corrected chi connectivity index (χ2v) is 7.82. The predicted molar refractivity (Wildman–Crippen MR) is 88.5 cm³/mol. The summed E-state index contributed by atoms with van der Waals surface area (Å²) >= 11 is 3.29. The minimum atomic E-state index is -3.76. The summed E-state index contributed by atoms with van der Waals surface area (Å²) in [4.78, 5) is 10.1. The van der Waals surface area contributed by atoms with Crippen LogP contribution in [0.1, 0.15) is 13.8 Å². The van der Waals surface area contributed by atoms with Crippen LogP contribution in [-0.2, 0) is 9.84 Å². The maximum absolute atomic E-state index is 12.6. The molecule has 0 aliphatic carbocycles. The van der Waals surface area contributed by atoms with Gasteiger partial charge in [-0.15, -0.1) is 0 Å². The summed E-state index contributed by atoms with van der Waals surface area (Å²) < 4.78 is 31.2. The first kappa shape index (κ1) is 17.4. The number of sulfone groups is 1. The van der Waals surface area contributed by atoms with Crippen LogP contribution in [0.3, 0.4) is 0 Å². The second-order valence-electron chi connectivity index (χ2n) is 5.01. The fourth-order valence-electron chi connectivity index (χ4n) is 1.88. The first-order valence-electron chi connectivity index (χ1n) is 6.67. The highest BCUT2D eigenvalue weighted by molar-refractivity contribution is 9.10. The van der Waals surface area contributed by atoms with Gasteiger partial charge in [0.25, 0.3) is 5.69 Å². The van der Waals surface area contributed by atoms with Crippen molar-refractivity contribution >= 4 is 31.5 Å². The van der Waals surface area contributed by atoms with Crippen molar-refractivity contribution in [3.05, 3.63) is 57.1 Å². The Morgan fingerprint density at radius 3 is 2.13 bits per heavy atom. The molecule has 0 aromatic heterocycles. The van der Waals surface area contributed by atoms with Crippen LogP contribution >= 0.6 is 15.9 Å². The number of nitro groups is 1. The molecule has 0 aliphatic rings. The van der Waals surface area contributed by atoms with E-state index in [-0.39, 0.29) is 21.6 Å². The highest BCUT2D eigenvalue weighted by atomic mass is 79.9. The van der Waals surface area contributed by atoms with Gasteiger partial charge in [-0.2, -0.15) is 0 Å². The van der Waals surface area contributed by atoms with E-state index >= 15 is 0 Å². The molecule has 0 spiro atoms. The van der Waals surface area contributed by atoms with Gasteiger partial charge in [0.05, 0.1) is 25.3 Å². The number of nitrogens with zero attached hydrogens (tertiary/aromatic N) is 1. The van der Waals surface area contributed by atoms with E-state index in [0.717, 1.165) is 12.1 Å². The van der Waals surface area contributed by atoms with E-state index in [2.05, 4.69) is 15.9 Å². The largest absolute Gasteiger partial charge is 0.490 e. The van der Waals surface area contributed by atoms with E-state index in [9.17, 15) is 18.5 Å². The SMILES string of the molecule is CC(C)Oc1ccc(S(=O)(=O)c2ccc([N+](=O)[O-])cc2)cc1Br. The highest BCUT2D eigenvalue weighted by Gasteiger charge is 2.20. The molecule has 0 saturated carbocycles. The van der Waals surface area contributed by atoms with Crippen LogP contribution in [0.5, 0.6) is 5.75 Å². The number of hydrogen-bond acceptors (Lipinski definition) is 5. The molecule has 0 fully saturated rings. The summed E-state index contributed by atoms with van der Waals surface area (Å²) in [5.74, 6) is 0.544. The summed E-state index contributed by atoms with van der Waals surface area (Å²) in [6, 6.07) is 9.24. The maximum Gasteiger partial charge on any atom is 0.269 e. The Kier molecular flexibility index (Phi) is 5.06. The molecule has 0 atom stereocenters. The number of rotatable bonds is 5. The fraction of sp³-hybridized carbons (Fsp3) is 0.200. The molecule has 0 unspecified atom stereocenters. The molecule has 2 aromatic rings. The molecule has 0 aliphatic heterocycles. The molecule has 0 heterocycles. The lowest BCUT2D eigenvalue weighted by Crippen LogP contribution is -2.07. The molecule has 0 N–H and O–H groups in total. The summed E-state index contributed by atoms with van der Waals surface area (Å²) in [6.45, 7) is 3.74. The summed E-state index contributed by atoms with van der Waals surface area (Å²) in [6.07, 6.45) is -0.0385. The van der Waals surface area contributed by atoms with E-state index in [1.54, 1.807) is 6.07 Å². The topological polar surface area (TPSA) is 86.5 Å². The van der Waals surface area contributed by atoms with Crippen molar-refractivity contribution in [1.82, 2.24) is 0 Å². The summed E-state index contributed by atoms with van der Waals surface area (Å²) in [5.41, 5.74) is -0.161. The normalized spacial score (nSPS) is 11.5. The lowest BCUT2D eigenvalue weighted by atomic mass is 10.3. The Labute approximate surface area is 142 Å². The van der Waals surface area contributed by atoms with Gasteiger partial charge in [0.1, 0.15) is 5.75 Å². The zero-order chi connectivity index (χ0) is 17.2. The maximum atomic E-state index is 12.6. The number of non-ortho nitro benzene ring substituents is 1. The van der Waals surface area contributed by atoms with Gasteiger partial charge in [0.2, 0.25) is 9.84 Å². The van der Waals surface area contributed by atoms with E-state index in [1.807, 2.05) is 13.8 Å². The molecule has 0 radical (unpaired) electrons. The van der Waals surface area contributed by atoms with Crippen molar-refractivity contribution in [3.8, 4) is 5.75 Å². The van der Waals surface area contributed by atoms with Gasteiger partial charge in [-0.3, -0.25) is 10.1 Å². The lowest BCUT2D eigenvalue weighted by molar-refractivity contribution is -0.384. The smallest absolute Gasteiger partial charge is 0.269 e. The third-order valence-electron chi connectivity index (χ3n) is 2.93. The minimum absolute atomic E-state index is 0.00692. The molecule has 2 rings (SSSR count). The Hall–Kier alpha value is -1.93. The monoisotopic (exact) mass is 399 g/mol. The van der Waals surface area contributed by atoms with Gasteiger partial charge in [0.15, 0.2) is 0 Å². The first-order valence-corrected chi connectivity index (χ1v) is 8.95. The standard InChI is InChI=1S/C15H14BrNO5S/c1-10(2)22-15-8-7-13(9-14(15)16)23(20,21)12-5-3-11(4-6-12)17(18)19/h3-10H,1-2H3. The van der Waals surface area contributed by atoms with Gasteiger partial charge in [-0.25, -0.2) is 8.42 Å². The van der Waals surface area contributed by atoms with Crippen molar-refractivity contribution in [2.45, 2.75) is 29.7 Å². The summed E-state index contributed by atoms with van der Waals surface area (Å²) in [5, 5.41) is 10.6. The Morgan fingerprint density at radius 2 is 1.65 bits per heavy atom. The Morgan fingerprint density at radius 1 is 1.09 bits per heavy atom. The van der Waals surface area contributed by atoms with Gasteiger partial charge < -0.3 is 4.74 Å². The van der Waals surface area contributed by atoms with Crippen molar-refractivity contribution in [1.29, 1.82) is 0 Å². The molecule has 0 saturated heterocycles. The Bertz CT molecular complexity index is 831. The molecule has 8 heteroatoms. The third-order valence-corrected chi connectivity index (χ3v) is 5.32. The number of halogens is 1. The zero-order valence-corrected chi connectivity index (χ0v) is 14.8. The van der Waals surface area contributed by atoms with Crippen LogP contribution in [0.25, 0.3) is 0 Å². The lowest BCUT2D eigenvalue weighted by Gasteiger charge is -2.12. The zero-order valence-electron chi connectivity index (χ0n) is 12.4. The third kappa shape index (κ3) is 3.89. The van der Waals surface area contributed by atoms with Crippen molar-refractivity contribution in [2.24, 2.45) is 0 Å². The molecular formula is C15H14BrNO5S. The molecule has 2 aromatic carbocycles. The molecule has 0 bridgehead atoms. The predicted octanol–water partition coefficient (Wildman–Crippen LogP) is 3.98. The van der Waals surface area contributed by atoms with Crippen molar-refractivity contribution < 1.29 is 18.1 Å². The highest BCUT2D eigenvalue weighted by Crippen LogP contribution is 2.31. The van der Waals surface area contributed by atoms with E-state index < -0.39 is 14.8 Å². The van der Waals surface area contributed by atoms with Crippen LogP contribution in [0.15, 0.2) is 56.7 Å². The minimum Gasteiger partial charge on any atom is -0.490 e. The average Bonchev–Trinajstić information content (AvgIpc) is 2.49. The Balaban J connectivity index is 2.39. The van der Waals surface area contributed by atoms with Gasteiger partial charge >= 0.3 is 0 Å². The van der Waals surface area contributed by atoms with Crippen LogP contribution < -0.4 is 4.74 Å². The van der Waals surface area contributed by atoms with Gasteiger partial charge in [0, 0.05) is 12.1 Å². The van der Waals surface area contributed by atoms with Crippen LogP contribution in [0.4, 0.5) is 5.69 Å². The van der Waals surface area contributed by atoms with Crippen LogP contribution in [-0.4, -0.2) is 19.4 Å². The van der Waals surface area contributed by atoms with Crippen molar-refractivity contribution in [2.75, 3.05) is 0 Å². The quantitative estimate of drug-likeness (QED) is 0.560. The number of nitro benzene ring substituents is 1. The van der Waals surface area contributed by atoms with Crippen LogP contribution in [0, 0.1) is 10.1 Å². The fourth-order valence-corrected chi connectivity index (χ4v) is 3.79. The molecular weight excluding hydrogens is 386 g/mol. The van der Waals surface area contributed by atoms with Crippen LogP contribution in [0.2, 0.25) is 0 Å². The molecule has 6 nitrogen and oxygen atoms in total. The molecule has 23 heavy (non-hydrogen) atoms. The van der Waals surface area contributed by atoms with E-state index in [4.69, 9.17) is 4.74 Å². The number of hydrogen-bond donors (Lipinski definition) is 0. The molecule has 0 amide bonds. The van der Waals surface area contributed by atoms with E-state index in [1.165, 1.54) is 24.3 Å². The molecule has 122 valence electrons. The second kappa shape index (κ2) is 6.67. The number of ether oxygens (including phenoxy) is 1. The summed E-state index contributed by atoms with van der Waals surface area (Å²) in [7, 11) is -3.76. The average molecular weight is 400 g/mol. The van der Waals surface area contributed by atoms with Gasteiger partial charge in [-0.1, -0.05) is 0 Å². The van der Waals surface area contributed by atoms with Crippen molar-refractivity contribution in [3.63, 3.8) is 0 Å². The van der Waals surface area contributed by atoms with E-state index in [0.29, 0.717) is 10.2 Å².